The van der Waals surface area contributed by atoms with E-state index in [2.05, 4.69) is 25.4 Å². The van der Waals surface area contributed by atoms with Crippen LogP contribution in [0.3, 0.4) is 0 Å². The lowest BCUT2D eigenvalue weighted by atomic mass is 10.2. The number of nitrogens with zero attached hydrogens (tertiary/aromatic N) is 5. The van der Waals surface area contributed by atoms with E-state index in [4.69, 9.17) is 0 Å². The number of rotatable bonds is 4. The molecule has 6 nitrogen and oxygen atoms in total. The maximum absolute atomic E-state index is 4.51. The Labute approximate surface area is 132 Å². The number of fused-ring (bicyclic) bond motifs is 1. The molecular weight excluding hydrogens is 288 g/mol. The SMILES string of the molecule is c1ccc(Cn2ccc(Nc3ncnc4ccccc34)n2)nc1. The number of hydrogen-bond acceptors (Lipinski definition) is 5. The summed E-state index contributed by atoms with van der Waals surface area (Å²) >= 11 is 0. The van der Waals surface area contributed by atoms with Crippen molar-refractivity contribution in [1.82, 2.24) is 24.7 Å². The van der Waals surface area contributed by atoms with E-state index < -0.39 is 0 Å². The Kier molecular flexibility index (Phi) is 3.40. The Bertz CT molecular complexity index is 927. The Morgan fingerprint density at radius 1 is 0.913 bits per heavy atom. The molecule has 6 heteroatoms. The van der Waals surface area contributed by atoms with E-state index in [1.807, 2.05) is 59.4 Å². The van der Waals surface area contributed by atoms with Gasteiger partial charge in [0.25, 0.3) is 0 Å². The molecule has 0 aliphatic rings. The summed E-state index contributed by atoms with van der Waals surface area (Å²) in [6.45, 7) is 0.632. The zero-order valence-electron chi connectivity index (χ0n) is 12.3. The maximum atomic E-state index is 4.51. The lowest BCUT2D eigenvalue weighted by molar-refractivity contribution is 0.675. The smallest absolute Gasteiger partial charge is 0.153 e. The van der Waals surface area contributed by atoms with E-state index in [0.29, 0.717) is 6.54 Å². The number of aromatic nitrogens is 5. The highest BCUT2D eigenvalue weighted by Crippen LogP contribution is 2.21. The van der Waals surface area contributed by atoms with Gasteiger partial charge in [0.05, 0.1) is 17.8 Å². The van der Waals surface area contributed by atoms with Crippen LogP contribution in [0.25, 0.3) is 10.9 Å². The number of hydrogen-bond donors (Lipinski definition) is 1. The molecule has 1 N–H and O–H groups in total. The molecule has 4 rings (SSSR count). The minimum Gasteiger partial charge on any atom is -0.323 e. The zero-order valence-corrected chi connectivity index (χ0v) is 12.3. The van der Waals surface area contributed by atoms with Gasteiger partial charge in [-0.05, 0) is 24.3 Å². The van der Waals surface area contributed by atoms with Crippen LogP contribution in [0.15, 0.2) is 67.3 Å². The molecule has 1 aromatic carbocycles. The van der Waals surface area contributed by atoms with Crippen LogP contribution in [0.4, 0.5) is 11.6 Å². The predicted molar refractivity (Wildman–Crippen MR) is 88.4 cm³/mol. The third-order valence-corrected chi connectivity index (χ3v) is 3.48. The Morgan fingerprint density at radius 3 is 2.74 bits per heavy atom. The first-order chi connectivity index (χ1) is 11.4. The fraction of sp³-hybridized carbons (Fsp3) is 0.0588. The van der Waals surface area contributed by atoms with Gasteiger partial charge in [-0.25, -0.2) is 9.97 Å². The Morgan fingerprint density at radius 2 is 1.83 bits per heavy atom. The van der Waals surface area contributed by atoms with Crippen molar-refractivity contribution < 1.29 is 0 Å². The fourth-order valence-corrected chi connectivity index (χ4v) is 2.40. The molecule has 0 atom stereocenters. The summed E-state index contributed by atoms with van der Waals surface area (Å²) in [4.78, 5) is 12.9. The van der Waals surface area contributed by atoms with Crippen molar-refractivity contribution in [1.29, 1.82) is 0 Å². The number of anilines is 2. The van der Waals surface area contributed by atoms with Gasteiger partial charge in [-0.2, -0.15) is 5.10 Å². The van der Waals surface area contributed by atoms with E-state index >= 15 is 0 Å². The van der Waals surface area contributed by atoms with Crippen LogP contribution in [-0.4, -0.2) is 24.7 Å². The Hall–Kier alpha value is -3.28. The summed E-state index contributed by atoms with van der Waals surface area (Å²) in [6.07, 6.45) is 5.25. The maximum Gasteiger partial charge on any atom is 0.153 e. The van der Waals surface area contributed by atoms with E-state index in [1.165, 1.54) is 0 Å². The molecule has 0 unspecified atom stereocenters. The van der Waals surface area contributed by atoms with Gasteiger partial charge < -0.3 is 5.32 Å². The first-order valence-electron chi connectivity index (χ1n) is 7.29. The molecule has 112 valence electrons. The molecule has 23 heavy (non-hydrogen) atoms. The van der Waals surface area contributed by atoms with Crippen LogP contribution >= 0.6 is 0 Å². The van der Waals surface area contributed by atoms with E-state index in [9.17, 15) is 0 Å². The second-order valence-electron chi connectivity index (χ2n) is 5.08. The first kappa shape index (κ1) is 13.4. The van der Waals surface area contributed by atoms with Crippen LogP contribution < -0.4 is 5.32 Å². The van der Waals surface area contributed by atoms with Crippen LogP contribution in [0.2, 0.25) is 0 Å². The van der Waals surface area contributed by atoms with E-state index in [0.717, 1.165) is 28.2 Å². The highest BCUT2D eigenvalue weighted by atomic mass is 15.3. The normalized spacial score (nSPS) is 10.8. The molecule has 4 aromatic rings. The van der Waals surface area contributed by atoms with Crippen LogP contribution in [0.1, 0.15) is 5.69 Å². The molecule has 0 bridgehead atoms. The van der Waals surface area contributed by atoms with Crippen molar-refractivity contribution in [3.63, 3.8) is 0 Å². The molecule has 0 radical (unpaired) electrons. The van der Waals surface area contributed by atoms with Crippen molar-refractivity contribution in [2.45, 2.75) is 6.54 Å². The molecule has 0 saturated carbocycles. The zero-order chi connectivity index (χ0) is 15.5. The van der Waals surface area contributed by atoms with Crippen molar-refractivity contribution in [3.05, 3.63) is 72.9 Å². The van der Waals surface area contributed by atoms with Gasteiger partial charge in [-0.1, -0.05) is 18.2 Å². The predicted octanol–water partition coefficient (Wildman–Crippen LogP) is 3.01. The van der Waals surface area contributed by atoms with Crippen molar-refractivity contribution in [3.8, 4) is 0 Å². The second kappa shape index (κ2) is 5.84. The number of nitrogens with one attached hydrogen (secondary N) is 1. The van der Waals surface area contributed by atoms with Crippen LogP contribution in [0, 0.1) is 0 Å². The average molecular weight is 302 g/mol. The average Bonchev–Trinajstić information content (AvgIpc) is 3.03. The summed E-state index contributed by atoms with van der Waals surface area (Å²) < 4.78 is 1.84. The molecule has 3 aromatic heterocycles. The molecule has 0 saturated heterocycles. The largest absolute Gasteiger partial charge is 0.323 e. The standard InChI is InChI=1S/C17H14N6/c1-2-7-15-14(6-1)17(20-12-19-15)21-16-8-10-23(22-16)11-13-5-3-4-9-18-13/h1-10,12H,11H2,(H,19,20,21,22). The number of para-hydroxylation sites is 1. The molecule has 0 aliphatic carbocycles. The molecular formula is C17H14N6. The second-order valence-corrected chi connectivity index (χ2v) is 5.08. The van der Waals surface area contributed by atoms with Crippen molar-refractivity contribution in [2.75, 3.05) is 5.32 Å². The summed E-state index contributed by atoms with van der Waals surface area (Å²) in [5.74, 6) is 1.49. The number of pyridine rings is 1. The molecule has 0 spiro atoms. The minimum atomic E-state index is 0.632. The summed E-state index contributed by atoms with van der Waals surface area (Å²) in [6, 6.07) is 15.6. The van der Waals surface area contributed by atoms with Crippen molar-refractivity contribution in [2.24, 2.45) is 0 Å². The van der Waals surface area contributed by atoms with Gasteiger partial charge in [-0.3, -0.25) is 9.67 Å². The lowest BCUT2D eigenvalue weighted by Gasteiger charge is -2.05. The molecule has 0 aliphatic heterocycles. The monoisotopic (exact) mass is 302 g/mol. The third-order valence-electron chi connectivity index (χ3n) is 3.48. The van der Waals surface area contributed by atoms with Gasteiger partial charge in [0.1, 0.15) is 12.1 Å². The van der Waals surface area contributed by atoms with E-state index in [-0.39, 0.29) is 0 Å². The van der Waals surface area contributed by atoms with Gasteiger partial charge >= 0.3 is 0 Å². The van der Waals surface area contributed by atoms with Gasteiger partial charge in [0.2, 0.25) is 0 Å². The minimum absolute atomic E-state index is 0.632. The number of benzene rings is 1. The quantitative estimate of drug-likeness (QED) is 0.627. The lowest BCUT2D eigenvalue weighted by Crippen LogP contribution is -2.03. The van der Waals surface area contributed by atoms with E-state index in [1.54, 1.807) is 12.5 Å². The highest BCUT2D eigenvalue weighted by Gasteiger charge is 2.06. The van der Waals surface area contributed by atoms with Crippen molar-refractivity contribution >= 4 is 22.5 Å². The highest BCUT2D eigenvalue weighted by molar-refractivity contribution is 5.90. The molecule has 0 fully saturated rings. The van der Waals surface area contributed by atoms with Gasteiger partial charge in [0, 0.05) is 23.8 Å². The summed E-state index contributed by atoms with van der Waals surface area (Å²) in [5, 5.41) is 8.73. The van der Waals surface area contributed by atoms with Gasteiger partial charge in [0.15, 0.2) is 5.82 Å². The van der Waals surface area contributed by atoms with Crippen LogP contribution in [0.5, 0.6) is 0 Å². The summed E-state index contributed by atoms with van der Waals surface area (Å²) in [5.41, 5.74) is 1.87. The fourth-order valence-electron chi connectivity index (χ4n) is 2.40. The summed E-state index contributed by atoms with van der Waals surface area (Å²) in [7, 11) is 0. The third kappa shape index (κ3) is 2.87. The molecule has 3 heterocycles. The van der Waals surface area contributed by atoms with Crippen LogP contribution in [-0.2, 0) is 6.54 Å². The van der Waals surface area contributed by atoms with Gasteiger partial charge in [-0.15, -0.1) is 0 Å². The topological polar surface area (TPSA) is 68.5 Å². The molecule has 0 amide bonds. The Balaban J connectivity index is 1.57. The first-order valence-corrected chi connectivity index (χ1v) is 7.29.